The van der Waals surface area contributed by atoms with Crippen molar-refractivity contribution in [2.75, 3.05) is 43.4 Å². The molecular formula is C15H20N6O. The van der Waals surface area contributed by atoms with E-state index in [1.807, 2.05) is 44.1 Å². The molecule has 116 valence electrons. The van der Waals surface area contributed by atoms with Crippen LogP contribution in [0.25, 0.3) is 0 Å². The van der Waals surface area contributed by atoms with Crippen LogP contribution >= 0.6 is 0 Å². The van der Waals surface area contributed by atoms with E-state index in [4.69, 9.17) is 0 Å². The van der Waals surface area contributed by atoms with Crippen LogP contribution in [0.2, 0.25) is 0 Å². The summed E-state index contributed by atoms with van der Waals surface area (Å²) in [6.45, 7) is 0. The quantitative estimate of drug-likeness (QED) is 0.647. The fourth-order valence-corrected chi connectivity index (χ4v) is 1.67. The Morgan fingerprint density at radius 2 is 1.82 bits per heavy atom. The molecular weight excluding hydrogens is 280 g/mol. The second-order valence-corrected chi connectivity index (χ2v) is 5.13. The lowest BCUT2D eigenvalue weighted by Crippen LogP contribution is -2.17. The van der Waals surface area contributed by atoms with Gasteiger partial charge < -0.3 is 14.9 Å². The van der Waals surface area contributed by atoms with Crippen molar-refractivity contribution in [2.45, 2.75) is 0 Å². The average molecular weight is 300 g/mol. The van der Waals surface area contributed by atoms with Crippen molar-refractivity contribution in [3.8, 4) is 5.75 Å². The van der Waals surface area contributed by atoms with Crippen LogP contribution in [0, 0.1) is 0 Å². The molecule has 0 spiro atoms. The lowest BCUT2D eigenvalue weighted by Gasteiger charge is -2.16. The zero-order valence-corrected chi connectivity index (χ0v) is 13.1. The maximum atomic E-state index is 9.68. The highest BCUT2D eigenvalue weighted by Gasteiger charge is 2.07. The van der Waals surface area contributed by atoms with Crippen molar-refractivity contribution in [3.63, 3.8) is 0 Å². The first-order chi connectivity index (χ1) is 10.5. The molecule has 7 nitrogen and oxygen atoms in total. The number of benzene rings is 1. The Labute approximate surface area is 129 Å². The van der Waals surface area contributed by atoms with Gasteiger partial charge in [-0.1, -0.05) is 12.1 Å². The van der Waals surface area contributed by atoms with Gasteiger partial charge in [0.25, 0.3) is 0 Å². The Morgan fingerprint density at radius 3 is 2.45 bits per heavy atom. The van der Waals surface area contributed by atoms with Crippen molar-refractivity contribution in [1.29, 1.82) is 0 Å². The number of phenols is 1. The third-order valence-corrected chi connectivity index (χ3v) is 2.88. The van der Waals surface area contributed by atoms with Gasteiger partial charge in [-0.2, -0.15) is 15.1 Å². The van der Waals surface area contributed by atoms with E-state index in [1.165, 1.54) is 0 Å². The van der Waals surface area contributed by atoms with Gasteiger partial charge in [-0.3, -0.25) is 5.43 Å². The summed E-state index contributed by atoms with van der Waals surface area (Å²) < 4.78 is 0. The molecule has 0 radical (unpaired) electrons. The summed E-state index contributed by atoms with van der Waals surface area (Å²) >= 11 is 0. The number of phenolic OH excluding ortho intramolecular Hbond substituents is 1. The minimum atomic E-state index is 0.179. The summed E-state index contributed by atoms with van der Waals surface area (Å²) in [5, 5.41) is 13.8. The molecule has 2 N–H and O–H groups in total. The summed E-state index contributed by atoms with van der Waals surface area (Å²) in [7, 11) is 7.58. The number of rotatable bonds is 5. The lowest BCUT2D eigenvalue weighted by atomic mass is 10.2. The monoisotopic (exact) mass is 300 g/mol. The average Bonchev–Trinajstić information content (AvgIpc) is 2.49. The van der Waals surface area contributed by atoms with Gasteiger partial charge in [-0.25, -0.2) is 0 Å². The highest BCUT2D eigenvalue weighted by molar-refractivity contribution is 5.83. The van der Waals surface area contributed by atoms with Gasteiger partial charge >= 0.3 is 0 Å². The summed E-state index contributed by atoms with van der Waals surface area (Å²) in [6, 6.07) is 8.78. The van der Waals surface area contributed by atoms with E-state index >= 15 is 0 Å². The van der Waals surface area contributed by atoms with Crippen LogP contribution in [-0.2, 0) is 0 Å². The first kappa shape index (κ1) is 15.6. The van der Waals surface area contributed by atoms with Crippen LogP contribution in [-0.4, -0.2) is 49.5 Å². The Kier molecular flexibility index (Phi) is 4.77. The van der Waals surface area contributed by atoms with E-state index in [0.717, 1.165) is 5.82 Å². The van der Waals surface area contributed by atoms with E-state index in [1.54, 1.807) is 30.5 Å². The third kappa shape index (κ3) is 3.85. The molecule has 22 heavy (non-hydrogen) atoms. The van der Waals surface area contributed by atoms with E-state index < -0.39 is 0 Å². The highest BCUT2D eigenvalue weighted by Crippen LogP contribution is 2.18. The highest BCUT2D eigenvalue weighted by atomic mass is 16.3. The number of hydrogen-bond donors (Lipinski definition) is 2. The Hall–Kier alpha value is -2.83. The van der Waals surface area contributed by atoms with Gasteiger partial charge in [0.15, 0.2) is 5.82 Å². The minimum absolute atomic E-state index is 0.179. The van der Waals surface area contributed by atoms with E-state index in [0.29, 0.717) is 17.3 Å². The van der Waals surface area contributed by atoms with Crippen LogP contribution in [0.1, 0.15) is 5.56 Å². The van der Waals surface area contributed by atoms with Crippen LogP contribution < -0.4 is 15.2 Å². The standard InChI is InChI=1S/C15H20N6O/c1-20(2)14-9-13(17-15(18-14)21(3)4)19-16-10-11-7-5-6-8-12(11)22/h5-10,22H,1-4H3,(H,17,18,19)/b16-10+. The van der Waals surface area contributed by atoms with Crippen molar-refractivity contribution >= 4 is 23.8 Å². The summed E-state index contributed by atoms with van der Waals surface area (Å²) in [5.74, 6) is 2.12. The smallest absolute Gasteiger partial charge is 0.228 e. The van der Waals surface area contributed by atoms with Crippen LogP contribution in [0.3, 0.4) is 0 Å². The van der Waals surface area contributed by atoms with Gasteiger partial charge in [0.2, 0.25) is 5.95 Å². The summed E-state index contributed by atoms with van der Waals surface area (Å²) in [6.07, 6.45) is 1.54. The molecule has 1 heterocycles. The molecule has 2 aromatic rings. The normalized spacial score (nSPS) is 10.7. The molecule has 1 aromatic heterocycles. The van der Waals surface area contributed by atoms with Crippen LogP contribution in [0.5, 0.6) is 5.75 Å². The number of nitrogens with zero attached hydrogens (tertiary/aromatic N) is 5. The largest absolute Gasteiger partial charge is 0.507 e. The first-order valence-corrected chi connectivity index (χ1v) is 6.78. The fraction of sp³-hybridized carbons (Fsp3) is 0.267. The van der Waals surface area contributed by atoms with Crippen LogP contribution in [0.15, 0.2) is 35.4 Å². The van der Waals surface area contributed by atoms with Gasteiger partial charge in [0, 0.05) is 39.8 Å². The van der Waals surface area contributed by atoms with Gasteiger partial charge in [0.1, 0.15) is 11.6 Å². The minimum Gasteiger partial charge on any atom is -0.507 e. The van der Waals surface area contributed by atoms with Crippen molar-refractivity contribution in [3.05, 3.63) is 35.9 Å². The summed E-state index contributed by atoms with van der Waals surface area (Å²) in [4.78, 5) is 12.5. The summed E-state index contributed by atoms with van der Waals surface area (Å²) in [5.41, 5.74) is 3.49. The molecule has 2 rings (SSSR count). The molecule has 0 bridgehead atoms. The molecule has 0 fully saturated rings. The van der Waals surface area contributed by atoms with Crippen molar-refractivity contribution in [2.24, 2.45) is 5.10 Å². The van der Waals surface area contributed by atoms with Gasteiger partial charge in [-0.15, -0.1) is 0 Å². The number of anilines is 3. The maximum Gasteiger partial charge on any atom is 0.228 e. The zero-order chi connectivity index (χ0) is 16.1. The zero-order valence-electron chi connectivity index (χ0n) is 13.1. The first-order valence-electron chi connectivity index (χ1n) is 6.78. The molecule has 0 atom stereocenters. The number of aromatic nitrogens is 2. The predicted octanol–water partition coefficient (Wildman–Crippen LogP) is 1.76. The number of aromatic hydroxyl groups is 1. The Bertz CT molecular complexity index is 643. The van der Waals surface area contributed by atoms with E-state index in [2.05, 4.69) is 20.5 Å². The number of hydrogen-bond acceptors (Lipinski definition) is 7. The molecule has 0 saturated carbocycles. The fourth-order valence-electron chi connectivity index (χ4n) is 1.67. The van der Waals surface area contributed by atoms with Crippen molar-refractivity contribution in [1.82, 2.24) is 9.97 Å². The number of nitrogens with one attached hydrogen (secondary N) is 1. The maximum absolute atomic E-state index is 9.68. The number of hydrazone groups is 1. The molecule has 0 unspecified atom stereocenters. The lowest BCUT2D eigenvalue weighted by molar-refractivity contribution is 0.474. The molecule has 0 amide bonds. The molecule has 0 aliphatic rings. The SMILES string of the molecule is CN(C)c1cc(N/N=C/c2ccccc2O)nc(N(C)C)n1. The third-order valence-electron chi connectivity index (χ3n) is 2.88. The van der Waals surface area contributed by atoms with E-state index in [-0.39, 0.29) is 5.75 Å². The second-order valence-electron chi connectivity index (χ2n) is 5.13. The Balaban J connectivity index is 2.20. The predicted molar refractivity (Wildman–Crippen MR) is 90.0 cm³/mol. The van der Waals surface area contributed by atoms with E-state index in [9.17, 15) is 5.11 Å². The molecule has 7 heteroatoms. The molecule has 0 saturated heterocycles. The van der Waals surface area contributed by atoms with Gasteiger partial charge in [0.05, 0.1) is 6.21 Å². The van der Waals surface area contributed by atoms with Crippen LogP contribution in [0.4, 0.5) is 17.6 Å². The Morgan fingerprint density at radius 1 is 1.09 bits per heavy atom. The molecule has 0 aliphatic carbocycles. The number of para-hydroxylation sites is 1. The van der Waals surface area contributed by atoms with Crippen molar-refractivity contribution < 1.29 is 5.11 Å². The topological polar surface area (TPSA) is 76.9 Å². The van der Waals surface area contributed by atoms with Gasteiger partial charge in [-0.05, 0) is 12.1 Å². The second kappa shape index (κ2) is 6.75. The molecule has 1 aromatic carbocycles. The molecule has 0 aliphatic heterocycles.